The molecule has 0 heterocycles. The van der Waals surface area contributed by atoms with Crippen LogP contribution in [0.3, 0.4) is 0 Å². The first-order chi connectivity index (χ1) is 9.15. The minimum absolute atomic E-state index is 0.198. The molecule has 0 aliphatic rings. The number of hydrogen-bond acceptors (Lipinski definition) is 3. The van der Waals surface area contributed by atoms with Crippen LogP contribution in [0.5, 0.6) is 5.75 Å². The summed E-state index contributed by atoms with van der Waals surface area (Å²) in [5, 5.41) is 1.17. The third kappa shape index (κ3) is 3.19. The van der Waals surface area contributed by atoms with Gasteiger partial charge in [0.2, 0.25) is 0 Å². The topological polar surface area (TPSA) is 47.3 Å². The summed E-state index contributed by atoms with van der Waals surface area (Å²) in [4.78, 5) is 0. The Labute approximate surface area is 122 Å². The lowest BCUT2D eigenvalue weighted by atomic mass is 9.99. The predicted molar refractivity (Wildman–Crippen MR) is 78.6 cm³/mol. The number of benzene rings is 2. The number of rotatable bonds is 4. The summed E-state index contributed by atoms with van der Waals surface area (Å²) in [6.45, 7) is 0. The van der Waals surface area contributed by atoms with Gasteiger partial charge in [-0.3, -0.25) is 5.84 Å². The van der Waals surface area contributed by atoms with Crippen molar-refractivity contribution in [2.75, 3.05) is 7.11 Å². The second-order valence-electron chi connectivity index (χ2n) is 4.04. The van der Waals surface area contributed by atoms with Crippen molar-refractivity contribution >= 4 is 23.2 Å². The van der Waals surface area contributed by atoms with E-state index in [2.05, 4.69) is 5.43 Å². The largest absolute Gasteiger partial charge is 0.497 e. The number of methoxy groups -OCH3 is 1. The van der Waals surface area contributed by atoms with Gasteiger partial charge in [0.25, 0.3) is 0 Å². The average Bonchev–Trinajstić information content (AvgIpc) is 2.42. The number of halogens is 2. The molecule has 5 heteroatoms. The Hall–Kier alpha value is -1.26. The van der Waals surface area contributed by atoms with Crippen molar-refractivity contribution in [1.82, 2.24) is 5.43 Å². The summed E-state index contributed by atoms with van der Waals surface area (Å²) < 4.78 is 5.13. The van der Waals surface area contributed by atoms with E-state index in [1.54, 1.807) is 19.2 Å². The third-order valence-electron chi connectivity index (χ3n) is 2.89. The first-order valence-corrected chi connectivity index (χ1v) is 6.46. The first kappa shape index (κ1) is 14.2. The Bertz CT molecular complexity index is 558. The second kappa shape index (κ2) is 6.26. The van der Waals surface area contributed by atoms with E-state index in [4.69, 9.17) is 33.8 Å². The molecule has 0 aliphatic carbocycles. The molecule has 100 valence electrons. The van der Waals surface area contributed by atoms with Crippen LogP contribution in [0.2, 0.25) is 10.0 Å². The molecule has 1 unspecified atom stereocenters. The molecule has 3 N–H and O–H groups in total. The minimum Gasteiger partial charge on any atom is -0.497 e. The third-order valence-corrected chi connectivity index (χ3v) is 3.45. The highest BCUT2D eigenvalue weighted by Gasteiger charge is 2.15. The zero-order valence-corrected chi connectivity index (χ0v) is 11.9. The number of ether oxygens (including phenoxy) is 1. The van der Waals surface area contributed by atoms with Crippen molar-refractivity contribution in [2.24, 2.45) is 5.84 Å². The van der Waals surface area contributed by atoms with Crippen molar-refractivity contribution < 1.29 is 4.74 Å². The van der Waals surface area contributed by atoms with Gasteiger partial charge in [-0.1, -0.05) is 41.4 Å². The van der Waals surface area contributed by atoms with Crippen LogP contribution in [-0.2, 0) is 0 Å². The molecule has 0 aliphatic heterocycles. The maximum atomic E-state index is 6.21. The quantitative estimate of drug-likeness (QED) is 0.670. The van der Waals surface area contributed by atoms with E-state index in [9.17, 15) is 0 Å². The molecule has 2 aromatic rings. The molecule has 0 saturated carbocycles. The molecular formula is C14H14Cl2N2O. The number of nitrogens with one attached hydrogen (secondary N) is 1. The molecule has 0 amide bonds. The Morgan fingerprint density at radius 2 is 1.79 bits per heavy atom. The van der Waals surface area contributed by atoms with E-state index in [0.717, 1.165) is 16.9 Å². The van der Waals surface area contributed by atoms with E-state index < -0.39 is 0 Å². The lowest BCUT2D eigenvalue weighted by Gasteiger charge is -2.18. The van der Waals surface area contributed by atoms with Crippen LogP contribution >= 0.6 is 23.2 Å². The highest BCUT2D eigenvalue weighted by atomic mass is 35.5. The average molecular weight is 297 g/mol. The summed E-state index contributed by atoms with van der Waals surface area (Å²) in [5.41, 5.74) is 4.63. The van der Waals surface area contributed by atoms with Crippen LogP contribution in [0.1, 0.15) is 17.2 Å². The Balaban J connectivity index is 2.37. The van der Waals surface area contributed by atoms with Gasteiger partial charge in [-0.15, -0.1) is 0 Å². The molecule has 0 aromatic heterocycles. The molecular weight excluding hydrogens is 283 g/mol. The number of nitrogens with two attached hydrogens (primary N) is 1. The van der Waals surface area contributed by atoms with Gasteiger partial charge in [0.05, 0.1) is 13.2 Å². The molecule has 0 saturated heterocycles. The van der Waals surface area contributed by atoms with Crippen LogP contribution in [0, 0.1) is 0 Å². The standard InChI is InChI=1S/C14H14Cl2N2O/c1-19-11-5-2-9(3-6-11)14(18-17)12-7-4-10(15)8-13(12)16/h2-8,14,18H,17H2,1H3. The SMILES string of the molecule is COc1ccc(C(NN)c2ccc(Cl)cc2Cl)cc1. The second-order valence-corrected chi connectivity index (χ2v) is 4.88. The first-order valence-electron chi connectivity index (χ1n) is 5.70. The van der Waals surface area contributed by atoms with Gasteiger partial charge in [-0.05, 0) is 35.4 Å². The number of hydrogen-bond donors (Lipinski definition) is 2. The van der Waals surface area contributed by atoms with Gasteiger partial charge in [-0.2, -0.15) is 0 Å². The smallest absolute Gasteiger partial charge is 0.118 e. The van der Waals surface area contributed by atoms with E-state index in [1.165, 1.54) is 0 Å². The normalized spacial score (nSPS) is 12.2. The van der Waals surface area contributed by atoms with Crippen molar-refractivity contribution in [3.05, 3.63) is 63.6 Å². The van der Waals surface area contributed by atoms with Crippen molar-refractivity contribution in [3.63, 3.8) is 0 Å². The van der Waals surface area contributed by atoms with E-state index in [1.807, 2.05) is 30.3 Å². The van der Waals surface area contributed by atoms with Crippen LogP contribution in [0.4, 0.5) is 0 Å². The van der Waals surface area contributed by atoms with Crippen LogP contribution < -0.4 is 16.0 Å². The molecule has 2 aromatic carbocycles. The van der Waals surface area contributed by atoms with Gasteiger partial charge in [0.15, 0.2) is 0 Å². The lowest BCUT2D eigenvalue weighted by Crippen LogP contribution is -2.29. The summed E-state index contributed by atoms with van der Waals surface area (Å²) >= 11 is 12.1. The molecule has 0 bridgehead atoms. The molecule has 0 fully saturated rings. The highest BCUT2D eigenvalue weighted by molar-refractivity contribution is 6.35. The number of hydrazine groups is 1. The zero-order chi connectivity index (χ0) is 13.8. The Morgan fingerprint density at radius 1 is 1.11 bits per heavy atom. The van der Waals surface area contributed by atoms with Crippen LogP contribution in [0.15, 0.2) is 42.5 Å². The highest BCUT2D eigenvalue weighted by Crippen LogP contribution is 2.30. The van der Waals surface area contributed by atoms with Crippen molar-refractivity contribution in [3.8, 4) is 5.75 Å². The molecule has 2 rings (SSSR count). The molecule has 0 spiro atoms. The van der Waals surface area contributed by atoms with Gasteiger partial charge in [0, 0.05) is 10.0 Å². The van der Waals surface area contributed by atoms with Gasteiger partial charge >= 0.3 is 0 Å². The van der Waals surface area contributed by atoms with Crippen LogP contribution in [-0.4, -0.2) is 7.11 Å². The molecule has 3 nitrogen and oxygen atoms in total. The maximum Gasteiger partial charge on any atom is 0.118 e. The summed E-state index contributed by atoms with van der Waals surface area (Å²) in [6.07, 6.45) is 0. The predicted octanol–water partition coefficient (Wildman–Crippen LogP) is 3.55. The minimum atomic E-state index is -0.198. The van der Waals surface area contributed by atoms with Crippen molar-refractivity contribution in [2.45, 2.75) is 6.04 Å². The van der Waals surface area contributed by atoms with E-state index in [-0.39, 0.29) is 6.04 Å². The van der Waals surface area contributed by atoms with Gasteiger partial charge < -0.3 is 4.74 Å². The lowest BCUT2D eigenvalue weighted by molar-refractivity contribution is 0.414. The van der Waals surface area contributed by atoms with Gasteiger partial charge in [-0.25, -0.2) is 5.43 Å². The maximum absolute atomic E-state index is 6.21. The summed E-state index contributed by atoms with van der Waals surface area (Å²) in [6, 6.07) is 12.8. The summed E-state index contributed by atoms with van der Waals surface area (Å²) in [7, 11) is 1.63. The fourth-order valence-corrected chi connectivity index (χ4v) is 2.42. The molecule has 0 radical (unpaired) electrons. The summed E-state index contributed by atoms with van der Waals surface area (Å²) in [5.74, 6) is 6.43. The van der Waals surface area contributed by atoms with Crippen LogP contribution in [0.25, 0.3) is 0 Å². The van der Waals surface area contributed by atoms with E-state index in [0.29, 0.717) is 10.0 Å². The fourth-order valence-electron chi connectivity index (χ4n) is 1.90. The Kier molecular flexibility index (Phi) is 4.66. The molecule has 19 heavy (non-hydrogen) atoms. The van der Waals surface area contributed by atoms with Crippen molar-refractivity contribution in [1.29, 1.82) is 0 Å². The monoisotopic (exact) mass is 296 g/mol. The molecule has 1 atom stereocenters. The van der Waals surface area contributed by atoms with E-state index >= 15 is 0 Å². The van der Waals surface area contributed by atoms with Gasteiger partial charge in [0.1, 0.15) is 5.75 Å². The Morgan fingerprint density at radius 3 is 2.32 bits per heavy atom. The fraction of sp³-hybridized carbons (Fsp3) is 0.143. The zero-order valence-electron chi connectivity index (χ0n) is 10.4.